The lowest BCUT2D eigenvalue weighted by Crippen LogP contribution is -2.28. The van der Waals surface area contributed by atoms with Gasteiger partial charge in [-0.2, -0.15) is 0 Å². The minimum Gasteiger partial charge on any atom is -0.328 e. The summed E-state index contributed by atoms with van der Waals surface area (Å²) >= 11 is 3.40. The molecule has 5 nitrogen and oxygen atoms in total. The summed E-state index contributed by atoms with van der Waals surface area (Å²) in [5.74, 6) is 0.928. The van der Waals surface area contributed by atoms with E-state index in [1.807, 2.05) is 30.3 Å². The highest BCUT2D eigenvalue weighted by Crippen LogP contribution is 2.28. The first-order valence-electron chi connectivity index (χ1n) is 6.15. The first kappa shape index (κ1) is 12.5. The molecule has 0 aliphatic carbocycles. The maximum atomic E-state index is 4.53. The summed E-state index contributed by atoms with van der Waals surface area (Å²) in [6.07, 6.45) is 4.53. The highest BCUT2D eigenvalue weighted by molar-refractivity contribution is 9.10. The van der Waals surface area contributed by atoms with Crippen LogP contribution in [-0.2, 0) is 13.0 Å². The van der Waals surface area contributed by atoms with Crippen LogP contribution in [0.4, 0.5) is 11.5 Å². The van der Waals surface area contributed by atoms with Crippen LogP contribution in [0.3, 0.4) is 0 Å². The number of pyridine rings is 1. The van der Waals surface area contributed by atoms with Gasteiger partial charge in [-0.15, -0.1) is 0 Å². The van der Waals surface area contributed by atoms with E-state index in [2.05, 4.69) is 36.2 Å². The van der Waals surface area contributed by atoms with Crippen LogP contribution in [0.5, 0.6) is 0 Å². The van der Waals surface area contributed by atoms with Gasteiger partial charge in [-0.25, -0.2) is 9.97 Å². The van der Waals surface area contributed by atoms with Crippen molar-refractivity contribution in [2.24, 2.45) is 0 Å². The molecule has 1 N–H and O–H groups in total. The van der Waals surface area contributed by atoms with Crippen molar-refractivity contribution in [3.05, 3.63) is 40.5 Å². The predicted octanol–water partition coefficient (Wildman–Crippen LogP) is 2.05. The molecule has 6 heteroatoms. The third-order valence-electron chi connectivity index (χ3n) is 3.23. The third-order valence-corrected chi connectivity index (χ3v) is 3.59. The molecule has 1 aliphatic rings. The van der Waals surface area contributed by atoms with Gasteiger partial charge in [0.1, 0.15) is 5.82 Å². The lowest BCUT2D eigenvalue weighted by molar-refractivity contribution is 0.623. The summed E-state index contributed by atoms with van der Waals surface area (Å²) in [5.41, 5.74) is 3.30. The minimum atomic E-state index is 0.638. The SMILES string of the molecule is CN(c1cccnc1)c1nc(Br)nc2c1CNCC2. The lowest BCUT2D eigenvalue weighted by Gasteiger charge is -2.25. The molecular weight excluding hydrogens is 306 g/mol. The fraction of sp³-hybridized carbons (Fsp3) is 0.308. The molecule has 0 bridgehead atoms. The maximum Gasteiger partial charge on any atom is 0.198 e. The Morgan fingerprint density at radius 1 is 1.37 bits per heavy atom. The molecule has 3 heterocycles. The quantitative estimate of drug-likeness (QED) is 0.859. The van der Waals surface area contributed by atoms with E-state index in [0.717, 1.165) is 36.7 Å². The molecule has 0 atom stereocenters. The second-order valence-corrected chi connectivity index (χ2v) is 5.15. The normalized spacial score (nSPS) is 14.0. The number of aromatic nitrogens is 3. The number of hydrogen-bond donors (Lipinski definition) is 1. The van der Waals surface area contributed by atoms with Crippen molar-refractivity contribution in [1.82, 2.24) is 20.3 Å². The molecule has 1 aliphatic heterocycles. The Bertz CT molecular complexity index is 587. The van der Waals surface area contributed by atoms with Gasteiger partial charge in [0.25, 0.3) is 0 Å². The molecule has 0 aromatic carbocycles. The Kier molecular flexibility index (Phi) is 3.44. The molecule has 3 rings (SSSR count). The summed E-state index contributed by atoms with van der Waals surface area (Å²) in [4.78, 5) is 15.2. The Morgan fingerprint density at radius 3 is 3.05 bits per heavy atom. The molecule has 0 radical (unpaired) electrons. The van der Waals surface area contributed by atoms with Gasteiger partial charge >= 0.3 is 0 Å². The van der Waals surface area contributed by atoms with Gasteiger partial charge in [0.05, 0.1) is 17.6 Å². The van der Waals surface area contributed by atoms with Crippen LogP contribution >= 0.6 is 15.9 Å². The zero-order valence-electron chi connectivity index (χ0n) is 10.6. The minimum absolute atomic E-state index is 0.638. The zero-order chi connectivity index (χ0) is 13.2. The summed E-state index contributed by atoms with van der Waals surface area (Å²) in [6, 6.07) is 3.94. The van der Waals surface area contributed by atoms with Crippen LogP contribution in [0.1, 0.15) is 11.3 Å². The summed E-state index contributed by atoms with van der Waals surface area (Å²) in [5, 5.41) is 3.37. The van der Waals surface area contributed by atoms with E-state index in [1.54, 1.807) is 6.20 Å². The number of halogens is 1. The van der Waals surface area contributed by atoms with E-state index in [9.17, 15) is 0 Å². The molecule has 2 aromatic heterocycles. The topological polar surface area (TPSA) is 53.9 Å². The monoisotopic (exact) mass is 319 g/mol. The molecule has 0 fully saturated rings. The first-order chi connectivity index (χ1) is 9.25. The number of fused-ring (bicyclic) bond motifs is 1. The summed E-state index contributed by atoms with van der Waals surface area (Å²) in [6.45, 7) is 1.77. The highest BCUT2D eigenvalue weighted by Gasteiger charge is 2.20. The second kappa shape index (κ2) is 5.22. The molecule has 2 aromatic rings. The van der Waals surface area contributed by atoms with Gasteiger partial charge in [0.2, 0.25) is 0 Å². The Hall–Kier alpha value is -1.53. The van der Waals surface area contributed by atoms with Crippen LogP contribution in [-0.4, -0.2) is 28.5 Å². The van der Waals surface area contributed by atoms with Crippen molar-refractivity contribution in [2.45, 2.75) is 13.0 Å². The van der Waals surface area contributed by atoms with Crippen LogP contribution in [0.15, 0.2) is 29.3 Å². The number of rotatable bonds is 2. The average molecular weight is 320 g/mol. The Morgan fingerprint density at radius 2 is 2.26 bits per heavy atom. The number of hydrogen-bond acceptors (Lipinski definition) is 5. The Balaban J connectivity index is 2.07. The summed E-state index contributed by atoms with van der Waals surface area (Å²) in [7, 11) is 2.00. The number of nitrogens with one attached hydrogen (secondary N) is 1. The Labute approximate surface area is 120 Å². The van der Waals surface area contributed by atoms with Crippen molar-refractivity contribution in [3.63, 3.8) is 0 Å². The first-order valence-corrected chi connectivity index (χ1v) is 6.95. The van der Waals surface area contributed by atoms with Crippen molar-refractivity contribution in [1.29, 1.82) is 0 Å². The van der Waals surface area contributed by atoms with E-state index in [-0.39, 0.29) is 0 Å². The van der Waals surface area contributed by atoms with E-state index in [1.165, 1.54) is 5.56 Å². The maximum absolute atomic E-state index is 4.53. The van der Waals surface area contributed by atoms with Crippen molar-refractivity contribution < 1.29 is 0 Å². The van der Waals surface area contributed by atoms with Crippen molar-refractivity contribution in [3.8, 4) is 0 Å². The largest absolute Gasteiger partial charge is 0.328 e. The van der Waals surface area contributed by atoms with E-state index in [0.29, 0.717) is 4.73 Å². The van der Waals surface area contributed by atoms with Crippen LogP contribution in [0.2, 0.25) is 0 Å². The van der Waals surface area contributed by atoms with Crippen LogP contribution in [0, 0.1) is 0 Å². The van der Waals surface area contributed by atoms with Crippen LogP contribution < -0.4 is 10.2 Å². The number of anilines is 2. The van der Waals surface area contributed by atoms with Gasteiger partial charge in [0.15, 0.2) is 4.73 Å². The zero-order valence-corrected chi connectivity index (χ0v) is 12.2. The van der Waals surface area contributed by atoms with Crippen LogP contribution in [0.25, 0.3) is 0 Å². The third kappa shape index (κ3) is 2.46. The van der Waals surface area contributed by atoms with Crippen molar-refractivity contribution in [2.75, 3.05) is 18.5 Å². The highest BCUT2D eigenvalue weighted by atomic mass is 79.9. The fourth-order valence-corrected chi connectivity index (χ4v) is 2.63. The van der Waals surface area contributed by atoms with E-state index < -0.39 is 0 Å². The summed E-state index contributed by atoms with van der Waals surface area (Å²) < 4.78 is 0.638. The molecule has 0 saturated carbocycles. The van der Waals surface area contributed by atoms with Gasteiger partial charge in [-0.1, -0.05) is 0 Å². The molecule has 0 saturated heterocycles. The molecule has 98 valence electrons. The van der Waals surface area contributed by atoms with Gasteiger partial charge in [-0.3, -0.25) is 4.98 Å². The van der Waals surface area contributed by atoms with Crippen molar-refractivity contribution >= 4 is 27.4 Å². The smallest absolute Gasteiger partial charge is 0.198 e. The fourth-order valence-electron chi connectivity index (χ4n) is 2.25. The molecule has 0 spiro atoms. The van der Waals surface area contributed by atoms with Gasteiger partial charge in [0, 0.05) is 38.3 Å². The van der Waals surface area contributed by atoms with Gasteiger partial charge in [-0.05, 0) is 28.1 Å². The van der Waals surface area contributed by atoms with E-state index in [4.69, 9.17) is 0 Å². The average Bonchev–Trinajstić information content (AvgIpc) is 2.46. The van der Waals surface area contributed by atoms with Gasteiger partial charge < -0.3 is 10.2 Å². The predicted molar refractivity (Wildman–Crippen MR) is 77.4 cm³/mol. The lowest BCUT2D eigenvalue weighted by atomic mass is 10.1. The molecular formula is C13H14BrN5. The molecule has 0 amide bonds. The number of nitrogens with zero attached hydrogens (tertiary/aromatic N) is 4. The van der Waals surface area contributed by atoms with E-state index >= 15 is 0 Å². The standard InChI is InChI=1S/C13H14BrN5/c1-19(9-3-2-5-15-7-9)12-10-8-16-6-4-11(10)17-13(14)18-12/h2-3,5,7,16H,4,6,8H2,1H3. The molecule has 0 unspecified atom stereocenters. The molecule has 19 heavy (non-hydrogen) atoms. The second-order valence-electron chi connectivity index (χ2n) is 4.44.